The second-order valence-corrected chi connectivity index (χ2v) is 11.2. The smallest absolute Gasteiger partial charge is 0.251 e. The van der Waals surface area contributed by atoms with Gasteiger partial charge in [-0.25, -0.2) is 0 Å². The van der Waals surface area contributed by atoms with Crippen LogP contribution in [0.25, 0.3) is 22.2 Å². The maximum atomic E-state index is 13.4. The number of fused-ring (bicyclic) bond motifs is 1. The van der Waals surface area contributed by atoms with Crippen LogP contribution in [0.4, 0.5) is 5.69 Å². The number of H-pyrrole nitrogens is 1. The van der Waals surface area contributed by atoms with Crippen molar-refractivity contribution in [3.05, 3.63) is 83.9 Å². The van der Waals surface area contributed by atoms with Crippen molar-refractivity contribution in [2.75, 3.05) is 44.3 Å². The Morgan fingerprint density at radius 3 is 2.41 bits per heavy atom. The zero-order valence-corrected chi connectivity index (χ0v) is 22.8. The van der Waals surface area contributed by atoms with E-state index in [0.29, 0.717) is 17.5 Å². The number of hydrogen-bond donors (Lipinski definition) is 2. The normalized spacial score (nSPS) is 17.4. The minimum Gasteiger partial charge on any atom is -0.378 e. The van der Waals surface area contributed by atoms with Crippen molar-refractivity contribution in [3.8, 4) is 11.3 Å². The maximum Gasteiger partial charge on any atom is 0.251 e. The summed E-state index contributed by atoms with van der Waals surface area (Å²) in [6.45, 7) is 10.3. The number of benzene rings is 3. The zero-order chi connectivity index (χ0) is 26.8. The van der Waals surface area contributed by atoms with E-state index < -0.39 is 0 Å². The highest BCUT2D eigenvalue weighted by Gasteiger charge is 2.29. The molecule has 6 rings (SSSR count). The molecular formula is C32H37N5O2. The number of carbonyl (C=O) groups excluding carboxylic acids is 1. The molecular weight excluding hydrogens is 486 g/mol. The Kier molecular flexibility index (Phi) is 7.35. The summed E-state index contributed by atoms with van der Waals surface area (Å²) in [5, 5.41) is 12.0. The number of anilines is 1. The fraction of sp³-hybridized carbons (Fsp3) is 0.375. The van der Waals surface area contributed by atoms with E-state index in [2.05, 4.69) is 75.6 Å². The third-order valence-corrected chi connectivity index (χ3v) is 8.00. The summed E-state index contributed by atoms with van der Waals surface area (Å²) in [7, 11) is 0. The first-order valence-electron chi connectivity index (χ1n) is 14.1. The van der Waals surface area contributed by atoms with Crippen molar-refractivity contribution in [3.63, 3.8) is 0 Å². The van der Waals surface area contributed by atoms with Crippen molar-refractivity contribution >= 4 is 22.5 Å². The number of hydrogen-bond acceptors (Lipinski definition) is 5. The molecule has 7 nitrogen and oxygen atoms in total. The first-order chi connectivity index (χ1) is 19.0. The average Bonchev–Trinajstić information content (AvgIpc) is 3.36. The summed E-state index contributed by atoms with van der Waals surface area (Å²) in [6, 6.07) is 25.2. The number of aromatic nitrogens is 2. The molecule has 0 spiro atoms. The molecule has 0 bridgehead atoms. The zero-order valence-electron chi connectivity index (χ0n) is 22.8. The molecule has 0 aliphatic carbocycles. The van der Waals surface area contributed by atoms with Crippen molar-refractivity contribution < 1.29 is 9.53 Å². The Hall–Kier alpha value is -3.68. The molecule has 0 saturated carbocycles. The molecule has 3 aromatic carbocycles. The highest BCUT2D eigenvalue weighted by Crippen LogP contribution is 2.30. The maximum absolute atomic E-state index is 13.4. The van der Waals surface area contributed by atoms with Crippen molar-refractivity contribution in [2.45, 2.75) is 32.4 Å². The highest BCUT2D eigenvalue weighted by atomic mass is 16.5. The number of aromatic amines is 1. The number of nitrogens with one attached hydrogen (secondary N) is 2. The average molecular weight is 524 g/mol. The molecule has 0 unspecified atom stereocenters. The Balaban J connectivity index is 1.18. The summed E-state index contributed by atoms with van der Waals surface area (Å²) in [6.07, 6.45) is 0.880. The van der Waals surface area contributed by atoms with E-state index in [0.717, 1.165) is 73.5 Å². The molecule has 2 aliphatic rings. The third-order valence-electron chi connectivity index (χ3n) is 8.00. The van der Waals surface area contributed by atoms with E-state index in [9.17, 15) is 4.79 Å². The minimum absolute atomic E-state index is 0.0327. The second kappa shape index (κ2) is 11.2. The molecule has 2 aliphatic heterocycles. The van der Waals surface area contributed by atoms with Gasteiger partial charge in [0.15, 0.2) is 0 Å². The third kappa shape index (κ3) is 5.56. The molecule has 7 heteroatoms. The van der Waals surface area contributed by atoms with Crippen LogP contribution in [-0.2, 0) is 4.74 Å². The van der Waals surface area contributed by atoms with Gasteiger partial charge in [-0.15, -0.1) is 0 Å². The molecule has 1 atom stereocenters. The lowest BCUT2D eigenvalue weighted by Crippen LogP contribution is -2.56. The lowest BCUT2D eigenvalue weighted by atomic mass is 9.96. The van der Waals surface area contributed by atoms with Gasteiger partial charge in [-0.05, 0) is 48.2 Å². The van der Waals surface area contributed by atoms with Crippen LogP contribution in [0.15, 0.2) is 72.8 Å². The van der Waals surface area contributed by atoms with E-state index in [1.54, 1.807) is 0 Å². The quantitative estimate of drug-likeness (QED) is 0.329. The topological polar surface area (TPSA) is 73.5 Å². The number of carbonyl (C=O) groups is 1. The lowest BCUT2D eigenvalue weighted by Gasteiger charge is -2.43. The summed E-state index contributed by atoms with van der Waals surface area (Å²) < 4.78 is 5.36. The number of piperazine rings is 1. The van der Waals surface area contributed by atoms with E-state index >= 15 is 0 Å². The summed E-state index contributed by atoms with van der Waals surface area (Å²) >= 11 is 0. The number of ether oxygens (including phenoxy) is 1. The summed E-state index contributed by atoms with van der Waals surface area (Å²) in [5.74, 6) is 0.393. The van der Waals surface area contributed by atoms with Gasteiger partial charge in [0.25, 0.3) is 5.91 Å². The summed E-state index contributed by atoms with van der Waals surface area (Å²) in [5.41, 5.74) is 5.82. The van der Waals surface area contributed by atoms with Gasteiger partial charge in [-0.2, -0.15) is 5.10 Å². The molecule has 202 valence electrons. The Labute approximate surface area is 230 Å². The molecule has 1 aromatic heterocycles. The van der Waals surface area contributed by atoms with Gasteiger partial charge in [0.05, 0.1) is 36.5 Å². The molecule has 3 heterocycles. The van der Waals surface area contributed by atoms with Crippen molar-refractivity contribution in [1.29, 1.82) is 0 Å². The Morgan fingerprint density at radius 1 is 1.00 bits per heavy atom. The molecule has 2 N–H and O–H groups in total. The molecule has 2 saturated heterocycles. The number of rotatable bonds is 8. The molecule has 4 aromatic rings. The fourth-order valence-corrected chi connectivity index (χ4v) is 5.66. The predicted octanol–water partition coefficient (Wildman–Crippen LogP) is 5.27. The van der Waals surface area contributed by atoms with Crippen molar-refractivity contribution in [1.82, 2.24) is 20.4 Å². The van der Waals surface area contributed by atoms with E-state index in [4.69, 9.17) is 4.74 Å². The van der Waals surface area contributed by atoms with Gasteiger partial charge >= 0.3 is 0 Å². The minimum atomic E-state index is -0.0680. The Morgan fingerprint density at radius 2 is 1.74 bits per heavy atom. The lowest BCUT2D eigenvalue weighted by molar-refractivity contribution is -0.0660. The first kappa shape index (κ1) is 25.6. The van der Waals surface area contributed by atoms with Crippen LogP contribution in [0.1, 0.15) is 42.2 Å². The monoisotopic (exact) mass is 523 g/mol. The molecule has 39 heavy (non-hydrogen) atoms. The highest BCUT2D eigenvalue weighted by molar-refractivity contribution is 6.01. The molecule has 1 amide bonds. The van der Waals surface area contributed by atoms with Gasteiger partial charge in [0.2, 0.25) is 0 Å². The predicted molar refractivity (Wildman–Crippen MR) is 156 cm³/mol. The largest absolute Gasteiger partial charge is 0.378 e. The first-order valence-corrected chi connectivity index (χ1v) is 14.1. The van der Waals surface area contributed by atoms with E-state index in [-0.39, 0.29) is 11.9 Å². The second-order valence-electron chi connectivity index (χ2n) is 11.2. The Bertz CT molecular complexity index is 1400. The standard InChI is InChI=1S/C32H37N5O2/c1-22(2)18-30(23-6-4-3-5-7-23)33-32(38)25-10-13-29-28(19-25)31(35-34-29)24-8-11-26(12-9-24)36-14-16-37(17-15-36)27-20-39-21-27/h3-13,19,22,27,30H,14-18,20-21H2,1-2H3,(H,33,38)(H,34,35)/t30-/m0/s1. The van der Waals surface area contributed by atoms with Crippen LogP contribution in [0, 0.1) is 5.92 Å². The number of amides is 1. The molecule has 0 radical (unpaired) electrons. The SMILES string of the molecule is CC(C)C[C@H](NC(=O)c1ccc2[nH]nc(-c3ccc(N4CCN(C5COC5)CC4)cc3)c2c1)c1ccccc1. The van der Waals surface area contributed by atoms with Gasteiger partial charge in [-0.1, -0.05) is 56.3 Å². The van der Waals surface area contributed by atoms with Gasteiger partial charge < -0.3 is 15.0 Å². The van der Waals surface area contributed by atoms with E-state index in [1.807, 2.05) is 36.4 Å². The van der Waals surface area contributed by atoms with Crippen LogP contribution >= 0.6 is 0 Å². The van der Waals surface area contributed by atoms with Gasteiger partial charge in [0.1, 0.15) is 0 Å². The van der Waals surface area contributed by atoms with Crippen LogP contribution in [-0.4, -0.2) is 66.4 Å². The van der Waals surface area contributed by atoms with Crippen LogP contribution < -0.4 is 10.2 Å². The summed E-state index contributed by atoms with van der Waals surface area (Å²) in [4.78, 5) is 18.4. The van der Waals surface area contributed by atoms with E-state index in [1.165, 1.54) is 5.69 Å². The fourth-order valence-electron chi connectivity index (χ4n) is 5.66. The van der Waals surface area contributed by atoms with Crippen LogP contribution in [0.5, 0.6) is 0 Å². The van der Waals surface area contributed by atoms with Crippen LogP contribution in [0.2, 0.25) is 0 Å². The van der Waals surface area contributed by atoms with Gasteiger partial charge in [0, 0.05) is 48.4 Å². The van der Waals surface area contributed by atoms with Crippen molar-refractivity contribution in [2.24, 2.45) is 5.92 Å². The molecule has 2 fully saturated rings. The number of nitrogens with zero attached hydrogens (tertiary/aromatic N) is 3. The van der Waals surface area contributed by atoms with Gasteiger partial charge in [-0.3, -0.25) is 14.8 Å². The van der Waals surface area contributed by atoms with Crippen LogP contribution in [0.3, 0.4) is 0 Å².